The Labute approximate surface area is 205 Å². The van der Waals surface area contributed by atoms with Crippen molar-refractivity contribution in [1.29, 1.82) is 5.41 Å². The van der Waals surface area contributed by atoms with Crippen molar-refractivity contribution >= 4 is 55.7 Å². The second-order valence-corrected chi connectivity index (χ2v) is 9.66. The number of hydrazone groups is 1. The summed E-state index contributed by atoms with van der Waals surface area (Å²) >= 11 is 4.80. The number of aryl methyl sites for hydroxylation is 1. The third kappa shape index (κ3) is 5.20. The minimum atomic E-state index is -0.465. The van der Waals surface area contributed by atoms with Gasteiger partial charge in [0.25, 0.3) is 5.91 Å². The molecule has 2 heterocycles. The van der Waals surface area contributed by atoms with Crippen molar-refractivity contribution in [1.82, 2.24) is 5.01 Å². The number of amides is 1. The van der Waals surface area contributed by atoms with E-state index in [1.165, 1.54) is 16.8 Å². The van der Waals surface area contributed by atoms with Crippen LogP contribution in [0.25, 0.3) is 6.08 Å². The lowest BCUT2D eigenvalue weighted by molar-refractivity contribution is -0.114. The monoisotopic (exact) mass is 526 g/mol. The third-order valence-electron chi connectivity index (χ3n) is 4.93. The van der Waals surface area contributed by atoms with Crippen LogP contribution in [0.3, 0.4) is 0 Å². The van der Waals surface area contributed by atoms with Crippen molar-refractivity contribution in [2.24, 2.45) is 16.0 Å². The van der Waals surface area contributed by atoms with Crippen molar-refractivity contribution in [2.75, 3.05) is 13.2 Å². The molecule has 0 saturated carbocycles. The summed E-state index contributed by atoms with van der Waals surface area (Å²) in [4.78, 5) is 16.9. The summed E-state index contributed by atoms with van der Waals surface area (Å²) < 4.78 is 12.6. The summed E-state index contributed by atoms with van der Waals surface area (Å²) in [6.07, 6.45) is 1.63. The largest absolute Gasteiger partial charge is 0.490 e. The summed E-state index contributed by atoms with van der Waals surface area (Å²) in [6.45, 7) is 6.72. The van der Waals surface area contributed by atoms with Crippen molar-refractivity contribution in [3.8, 4) is 11.5 Å². The number of halogens is 1. The molecular weight excluding hydrogens is 504 g/mol. The molecule has 0 unspecified atom stereocenters. The third-order valence-corrected chi connectivity index (χ3v) is 6.63. The lowest BCUT2D eigenvalue weighted by atomic mass is 10.1. The molecule has 0 aliphatic carbocycles. The number of rotatable bonds is 7. The van der Waals surface area contributed by atoms with Crippen LogP contribution in [0.1, 0.15) is 25.0 Å². The number of hydrogen-bond donors (Lipinski definition) is 1. The van der Waals surface area contributed by atoms with Crippen molar-refractivity contribution in [3.63, 3.8) is 0 Å². The van der Waals surface area contributed by atoms with E-state index in [2.05, 4.69) is 26.0 Å². The van der Waals surface area contributed by atoms with E-state index in [9.17, 15) is 4.79 Å². The zero-order valence-electron chi connectivity index (χ0n) is 18.5. The highest BCUT2D eigenvalue weighted by Gasteiger charge is 2.36. The molecule has 0 aromatic heterocycles. The first kappa shape index (κ1) is 23.3. The van der Waals surface area contributed by atoms with E-state index >= 15 is 0 Å². The first-order chi connectivity index (χ1) is 15.8. The lowest BCUT2D eigenvalue weighted by Gasteiger charge is -2.20. The van der Waals surface area contributed by atoms with Crippen LogP contribution in [0.5, 0.6) is 11.5 Å². The number of carbonyl (C=O) groups excluding carboxylic acids is 1. The number of benzene rings is 2. The molecule has 2 aromatic rings. The van der Waals surface area contributed by atoms with E-state index in [0.717, 1.165) is 20.8 Å². The van der Waals surface area contributed by atoms with Crippen LogP contribution in [-0.4, -0.2) is 40.2 Å². The molecule has 0 radical (unpaired) electrons. The van der Waals surface area contributed by atoms with Crippen LogP contribution >= 0.6 is 27.7 Å². The Bertz CT molecular complexity index is 1210. The van der Waals surface area contributed by atoms with E-state index in [1.807, 2.05) is 63.2 Å². The Morgan fingerprint density at radius 3 is 2.61 bits per heavy atom. The van der Waals surface area contributed by atoms with Crippen LogP contribution in [0.2, 0.25) is 0 Å². The Morgan fingerprint density at radius 2 is 1.88 bits per heavy atom. The molecule has 0 spiro atoms. The Morgan fingerprint density at radius 1 is 1.15 bits per heavy atom. The predicted octanol–water partition coefficient (Wildman–Crippen LogP) is 5.49. The van der Waals surface area contributed by atoms with Gasteiger partial charge in [-0.05, 0) is 54.6 Å². The Kier molecular flexibility index (Phi) is 6.99. The highest BCUT2D eigenvalue weighted by atomic mass is 79.9. The molecule has 2 aliphatic rings. The fraction of sp³-hybridized carbons (Fsp3) is 0.250. The number of ether oxygens (including phenoxy) is 2. The minimum Gasteiger partial charge on any atom is -0.490 e. The maximum absolute atomic E-state index is 12.7. The molecule has 2 aromatic carbocycles. The summed E-state index contributed by atoms with van der Waals surface area (Å²) in [5.41, 5.74) is 1.88. The standard InChI is InChI=1S/C24H23BrN4O3S/c1-14(2)23-28-29-21(26)18(22(30)27-24(29)33-23)13-16-12-17(25)8-9-20(16)32-11-10-31-19-7-5-4-6-15(19)3/h4-9,12-14,26H,10-11H2,1-3H3/b18-13-,26-21?. The number of hydrogen-bond acceptors (Lipinski definition) is 6. The van der Waals surface area contributed by atoms with Gasteiger partial charge in [0, 0.05) is 16.0 Å². The van der Waals surface area contributed by atoms with Crippen LogP contribution in [0.15, 0.2) is 62.6 Å². The predicted molar refractivity (Wildman–Crippen MR) is 136 cm³/mol. The van der Waals surface area contributed by atoms with Gasteiger partial charge < -0.3 is 9.47 Å². The van der Waals surface area contributed by atoms with Gasteiger partial charge in [0.05, 0.1) is 5.57 Å². The van der Waals surface area contributed by atoms with Crippen LogP contribution in [0.4, 0.5) is 0 Å². The molecule has 1 amide bonds. The molecule has 0 saturated heterocycles. The van der Waals surface area contributed by atoms with E-state index < -0.39 is 5.91 Å². The molecule has 7 nitrogen and oxygen atoms in total. The molecule has 1 N–H and O–H groups in total. The van der Waals surface area contributed by atoms with Gasteiger partial charge in [-0.1, -0.05) is 48.0 Å². The van der Waals surface area contributed by atoms with Gasteiger partial charge in [0.1, 0.15) is 29.8 Å². The lowest BCUT2D eigenvalue weighted by Crippen LogP contribution is -2.35. The molecule has 2 aliphatic heterocycles. The quantitative estimate of drug-likeness (QED) is 0.380. The smallest absolute Gasteiger partial charge is 0.283 e. The summed E-state index contributed by atoms with van der Waals surface area (Å²) in [6, 6.07) is 13.3. The van der Waals surface area contributed by atoms with Gasteiger partial charge in [-0.25, -0.2) is 0 Å². The minimum absolute atomic E-state index is 0.00182. The Hall–Kier alpha value is -2.91. The average Bonchev–Trinajstić information content (AvgIpc) is 3.21. The fourth-order valence-corrected chi connectivity index (χ4v) is 4.45. The number of fused-ring (bicyclic) bond motifs is 1. The molecule has 9 heteroatoms. The first-order valence-electron chi connectivity index (χ1n) is 10.4. The summed E-state index contributed by atoms with van der Waals surface area (Å²) in [5, 5.41) is 15.7. The van der Waals surface area contributed by atoms with Crippen LogP contribution in [0, 0.1) is 18.3 Å². The molecule has 0 bridgehead atoms. The topological polar surface area (TPSA) is 87.3 Å². The van der Waals surface area contributed by atoms with Crippen molar-refractivity contribution < 1.29 is 14.3 Å². The fourth-order valence-electron chi connectivity index (χ4n) is 3.18. The van der Waals surface area contributed by atoms with Gasteiger partial charge in [0.15, 0.2) is 5.84 Å². The number of aliphatic imine (C=N–C) groups is 1. The maximum Gasteiger partial charge on any atom is 0.283 e. The van der Waals surface area contributed by atoms with E-state index in [4.69, 9.17) is 14.9 Å². The number of carbonyl (C=O) groups is 1. The van der Waals surface area contributed by atoms with Crippen LogP contribution < -0.4 is 9.47 Å². The number of amidine groups is 2. The van der Waals surface area contributed by atoms with Gasteiger partial charge in [-0.2, -0.15) is 15.1 Å². The Balaban J connectivity index is 1.52. The second-order valence-electron chi connectivity index (χ2n) is 7.76. The number of para-hydroxylation sites is 1. The maximum atomic E-state index is 12.7. The molecule has 33 heavy (non-hydrogen) atoms. The first-order valence-corrected chi connectivity index (χ1v) is 12.1. The molecule has 4 rings (SSSR count). The number of nitrogens with zero attached hydrogens (tertiary/aromatic N) is 3. The summed E-state index contributed by atoms with van der Waals surface area (Å²) in [5.74, 6) is 1.12. The molecule has 170 valence electrons. The zero-order chi connectivity index (χ0) is 23.5. The van der Waals surface area contributed by atoms with E-state index in [1.54, 1.807) is 6.08 Å². The molecule has 0 fully saturated rings. The van der Waals surface area contributed by atoms with Crippen molar-refractivity contribution in [3.05, 3.63) is 63.6 Å². The number of nitrogens with one attached hydrogen (secondary N) is 1. The van der Waals surface area contributed by atoms with E-state index in [-0.39, 0.29) is 17.3 Å². The normalized spacial score (nSPS) is 16.8. The van der Waals surface area contributed by atoms with Gasteiger partial charge >= 0.3 is 0 Å². The van der Waals surface area contributed by atoms with Gasteiger partial charge in [-0.15, -0.1) is 0 Å². The second kappa shape index (κ2) is 9.93. The highest BCUT2D eigenvalue weighted by molar-refractivity contribution is 9.10. The molecule has 0 atom stereocenters. The number of thioether (sulfide) groups is 1. The van der Waals surface area contributed by atoms with Crippen molar-refractivity contribution in [2.45, 2.75) is 20.8 Å². The van der Waals surface area contributed by atoms with Gasteiger partial charge in [0.2, 0.25) is 5.17 Å². The summed E-state index contributed by atoms with van der Waals surface area (Å²) in [7, 11) is 0. The SMILES string of the molecule is Cc1ccccc1OCCOc1ccc(Br)cc1/C=C1/C(=N)N2N=C(C(C)C)SC2=NC1=O. The average molecular weight is 527 g/mol. The van der Waals surface area contributed by atoms with Crippen LogP contribution in [-0.2, 0) is 4.79 Å². The van der Waals surface area contributed by atoms with E-state index in [0.29, 0.717) is 29.7 Å². The molecular formula is C24H23BrN4O3S. The highest BCUT2D eigenvalue weighted by Crippen LogP contribution is 2.32. The zero-order valence-corrected chi connectivity index (χ0v) is 20.9. The van der Waals surface area contributed by atoms with Gasteiger partial charge in [-0.3, -0.25) is 10.2 Å².